The van der Waals surface area contributed by atoms with E-state index in [4.69, 9.17) is 15.6 Å². The van der Waals surface area contributed by atoms with Crippen LogP contribution in [0.5, 0.6) is 5.75 Å². The molecule has 0 saturated carbocycles. The van der Waals surface area contributed by atoms with Gasteiger partial charge < -0.3 is 15.6 Å². The van der Waals surface area contributed by atoms with E-state index < -0.39 is 17.0 Å². The molecule has 0 aliphatic carbocycles. The molecule has 0 aromatic heterocycles. The van der Waals surface area contributed by atoms with Crippen molar-refractivity contribution in [2.75, 3.05) is 6.54 Å². The van der Waals surface area contributed by atoms with E-state index >= 15 is 0 Å². The Labute approximate surface area is 90.6 Å². The summed E-state index contributed by atoms with van der Waals surface area (Å²) in [5, 5.41) is 19.1. The highest BCUT2D eigenvalue weighted by Gasteiger charge is 2.18. The maximum Gasteiger partial charge on any atom is 0.346 e. The van der Waals surface area contributed by atoms with Gasteiger partial charge in [-0.25, -0.2) is 4.79 Å². The lowest BCUT2D eigenvalue weighted by molar-refractivity contribution is -0.384. The lowest BCUT2D eigenvalue weighted by Crippen LogP contribution is -2.34. The largest absolute Gasteiger partial charge is 0.478 e. The van der Waals surface area contributed by atoms with Crippen molar-refractivity contribution >= 4 is 11.7 Å². The number of non-ortho nitro benzene ring substituents is 1. The van der Waals surface area contributed by atoms with Gasteiger partial charge in [0.25, 0.3) is 5.69 Å². The normalized spacial score (nSPS) is 11.8. The van der Waals surface area contributed by atoms with Gasteiger partial charge in [-0.1, -0.05) is 6.07 Å². The fourth-order valence-corrected chi connectivity index (χ4v) is 1.03. The predicted molar refractivity (Wildman–Crippen MR) is 54.2 cm³/mol. The Morgan fingerprint density at radius 3 is 2.81 bits per heavy atom. The fraction of sp³-hybridized carbons (Fsp3) is 0.222. The van der Waals surface area contributed by atoms with Crippen LogP contribution in [-0.2, 0) is 4.79 Å². The third kappa shape index (κ3) is 2.92. The van der Waals surface area contributed by atoms with Crippen molar-refractivity contribution in [3.63, 3.8) is 0 Å². The van der Waals surface area contributed by atoms with Crippen LogP contribution in [0, 0.1) is 10.1 Å². The van der Waals surface area contributed by atoms with Crippen molar-refractivity contribution in [3.8, 4) is 5.75 Å². The number of hydrogen-bond donors (Lipinski definition) is 2. The zero-order valence-electron chi connectivity index (χ0n) is 8.20. The molecular formula is C9H10N2O5. The van der Waals surface area contributed by atoms with Gasteiger partial charge in [-0.05, 0) is 6.07 Å². The second-order valence-corrected chi connectivity index (χ2v) is 2.93. The Bertz CT molecular complexity index is 407. The van der Waals surface area contributed by atoms with E-state index in [1.54, 1.807) is 0 Å². The summed E-state index contributed by atoms with van der Waals surface area (Å²) in [5.41, 5.74) is 5.01. The highest BCUT2D eigenvalue weighted by molar-refractivity contribution is 5.73. The van der Waals surface area contributed by atoms with Gasteiger partial charge in [0.2, 0.25) is 6.10 Å². The summed E-state index contributed by atoms with van der Waals surface area (Å²) in [6, 6.07) is 5.26. The predicted octanol–water partition coefficient (Wildman–Crippen LogP) is 0.385. The standard InChI is InChI=1S/C9H10N2O5/c10-5-8(9(12)13)16-7-3-1-2-6(4-7)11(14)15/h1-4,8H,5,10H2,(H,12,13). The summed E-state index contributed by atoms with van der Waals surface area (Å²) < 4.78 is 4.99. The van der Waals surface area contributed by atoms with Crippen molar-refractivity contribution in [1.82, 2.24) is 0 Å². The van der Waals surface area contributed by atoms with Gasteiger partial charge >= 0.3 is 5.97 Å². The van der Waals surface area contributed by atoms with Gasteiger partial charge in [0.15, 0.2) is 0 Å². The minimum Gasteiger partial charge on any atom is -0.478 e. The van der Waals surface area contributed by atoms with Crippen LogP contribution in [0.2, 0.25) is 0 Å². The number of carboxylic acids is 1. The Morgan fingerprint density at radius 2 is 2.31 bits per heavy atom. The van der Waals surface area contributed by atoms with Gasteiger partial charge in [0.1, 0.15) is 5.75 Å². The summed E-state index contributed by atoms with van der Waals surface area (Å²) >= 11 is 0. The van der Waals surface area contributed by atoms with E-state index in [0.717, 1.165) is 6.07 Å². The number of rotatable bonds is 5. The minimum absolute atomic E-state index is 0.104. The average Bonchev–Trinajstić information content (AvgIpc) is 2.25. The van der Waals surface area contributed by atoms with Crippen molar-refractivity contribution in [3.05, 3.63) is 34.4 Å². The summed E-state index contributed by atoms with van der Waals surface area (Å²) in [6.45, 7) is -0.210. The Hall–Kier alpha value is -2.15. The van der Waals surface area contributed by atoms with Gasteiger partial charge in [-0.15, -0.1) is 0 Å². The first kappa shape index (κ1) is 11.9. The topological polar surface area (TPSA) is 116 Å². The van der Waals surface area contributed by atoms with Gasteiger partial charge in [0, 0.05) is 12.6 Å². The molecule has 0 saturated heterocycles. The van der Waals surface area contributed by atoms with Crippen LogP contribution >= 0.6 is 0 Å². The van der Waals surface area contributed by atoms with E-state index in [9.17, 15) is 14.9 Å². The monoisotopic (exact) mass is 226 g/mol. The number of nitrogens with two attached hydrogens (primary N) is 1. The molecule has 0 heterocycles. The first-order valence-electron chi connectivity index (χ1n) is 4.38. The third-order valence-corrected chi connectivity index (χ3v) is 1.80. The van der Waals surface area contributed by atoms with Crippen LogP contribution in [-0.4, -0.2) is 28.6 Å². The molecule has 86 valence electrons. The molecule has 0 bridgehead atoms. The minimum atomic E-state index is -1.21. The second kappa shape index (κ2) is 5.08. The van der Waals surface area contributed by atoms with Gasteiger partial charge in [-0.2, -0.15) is 0 Å². The number of benzene rings is 1. The zero-order chi connectivity index (χ0) is 12.1. The molecule has 3 N–H and O–H groups in total. The van der Waals surface area contributed by atoms with Crippen molar-refractivity contribution in [2.45, 2.75) is 6.10 Å². The SMILES string of the molecule is NCC(Oc1cccc([N+](=O)[O-])c1)C(=O)O. The highest BCUT2D eigenvalue weighted by atomic mass is 16.6. The first-order valence-corrected chi connectivity index (χ1v) is 4.38. The van der Waals surface area contributed by atoms with Gasteiger partial charge in [0.05, 0.1) is 11.0 Å². The summed E-state index contributed by atoms with van der Waals surface area (Å²) in [6.07, 6.45) is -1.21. The maximum atomic E-state index is 10.6. The molecule has 16 heavy (non-hydrogen) atoms. The number of aliphatic carboxylic acids is 1. The highest BCUT2D eigenvalue weighted by Crippen LogP contribution is 2.19. The molecule has 1 rings (SSSR count). The second-order valence-electron chi connectivity index (χ2n) is 2.93. The number of carbonyl (C=O) groups is 1. The maximum absolute atomic E-state index is 10.6. The Morgan fingerprint density at radius 1 is 1.62 bits per heavy atom. The fourth-order valence-electron chi connectivity index (χ4n) is 1.03. The van der Waals surface area contributed by atoms with Crippen LogP contribution in [0.1, 0.15) is 0 Å². The lowest BCUT2D eigenvalue weighted by Gasteiger charge is -2.12. The van der Waals surface area contributed by atoms with E-state index in [-0.39, 0.29) is 18.0 Å². The molecule has 7 nitrogen and oxygen atoms in total. The Kier molecular flexibility index (Phi) is 3.78. The number of nitro groups is 1. The van der Waals surface area contributed by atoms with Crippen LogP contribution < -0.4 is 10.5 Å². The van der Waals surface area contributed by atoms with Crippen LogP contribution in [0.25, 0.3) is 0 Å². The molecule has 7 heteroatoms. The van der Waals surface area contributed by atoms with E-state index in [2.05, 4.69) is 0 Å². The van der Waals surface area contributed by atoms with E-state index in [1.165, 1.54) is 18.2 Å². The Balaban J connectivity index is 2.84. The smallest absolute Gasteiger partial charge is 0.346 e. The molecule has 1 aromatic carbocycles. The molecule has 0 aliphatic heterocycles. The number of nitrogens with zero attached hydrogens (tertiary/aromatic N) is 1. The molecule has 0 radical (unpaired) electrons. The number of nitro benzene ring substituents is 1. The molecule has 0 aliphatic rings. The molecule has 1 atom stereocenters. The molecule has 1 unspecified atom stereocenters. The zero-order valence-corrected chi connectivity index (χ0v) is 8.20. The van der Waals surface area contributed by atoms with Crippen molar-refractivity contribution in [2.24, 2.45) is 5.73 Å². The number of ether oxygens (including phenoxy) is 1. The van der Waals surface area contributed by atoms with Crippen LogP contribution in [0.3, 0.4) is 0 Å². The molecule has 0 fully saturated rings. The molecule has 0 amide bonds. The van der Waals surface area contributed by atoms with Crippen molar-refractivity contribution < 1.29 is 19.6 Å². The van der Waals surface area contributed by atoms with E-state index in [0.29, 0.717) is 0 Å². The van der Waals surface area contributed by atoms with Crippen molar-refractivity contribution in [1.29, 1.82) is 0 Å². The van der Waals surface area contributed by atoms with Crippen LogP contribution in [0.4, 0.5) is 5.69 Å². The van der Waals surface area contributed by atoms with E-state index in [1.807, 2.05) is 0 Å². The molecular weight excluding hydrogens is 216 g/mol. The molecule has 0 spiro atoms. The summed E-state index contributed by atoms with van der Waals surface area (Å²) in [7, 11) is 0. The first-order chi connectivity index (χ1) is 7.54. The number of carboxylic acid groups (broad SMARTS) is 1. The van der Waals surface area contributed by atoms with Gasteiger partial charge in [-0.3, -0.25) is 10.1 Å². The average molecular weight is 226 g/mol. The third-order valence-electron chi connectivity index (χ3n) is 1.80. The summed E-state index contributed by atoms with van der Waals surface area (Å²) in [4.78, 5) is 20.5. The van der Waals surface area contributed by atoms with Crippen LogP contribution in [0.15, 0.2) is 24.3 Å². The quantitative estimate of drug-likeness (QED) is 0.554. The lowest BCUT2D eigenvalue weighted by atomic mass is 10.3. The summed E-state index contributed by atoms with van der Waals surface area (Å²) in [5.74, 6) is -1.11. The number of hydrogen-bond acceptors (Lipinski definition) is 5. The molecule has 1 aromatic rings.